The van der Waals surface area contributed by atoms with Gasteiger partial charge in [-0.3, -0.25) is 33.7 Å². The molecule has 2 aromatic carbocycles. The van der Waals surface area contributed by atoms with Gasteiger partial charge in [-0.05, 0) is 84.9 Å². The number of ether oxygens (including phenoxy) is 2. The van der Waals surface area contributed by atoms with E-state index in [0.717, 1.165) is 12.0 Å². The van der Waals surface area contributed by atoms with Crippen LogP contribution in [0, 0.1) is 17.3 Å². The third-order valence-electron chi connectivity index (χ3n) is 14.1. The lowest BCUT2D eigenvalue weighted by Crippen LogP contribution is -2.62. The molecule has 4 aliphatic heterocycles. The van der Waals surface area contributed by atoms with E-state index in [4.69, 9.17) is 9.47 Å². The third kappa shape index (κ3) is 10.3. The van der Waals surface area contributed by atoms with Gasteiger partial charge in [0, 0.05) is 68.6 Å². The Kier molecular flexibility index (Phi) is 14.2. The van der Waals surface area contributed by atoms with Crippen molar-refractivity contribution in [3.8, 4) is 22.4 Å². The van der Waals surface area contributed by atoms with E-state index in [1.54, 1.807) is 37.4 Å². The van der Waals surface area contributed by atoms with Crippen molar-refractivity contribution >= 4 is 40.5 Å². The molecule has 0 spiro atoms. The molecule has 8 rings (SSSR count). The van der Waals surface area contributed by atoms with Crippen LogP contribution in [0.25, 0.3) is 33.3 Å². The van der Waals surface area contributed by atoms with Gasteiger partial charge in [-0.2, -0.15) is 18.3 Å². The first kappa shape index (κ1) is 49.4. The van der Waals surface area contributed by atoms with Gasteiger partial charge in [0.05, 0.1) is 36.2 Å². The second-order valence-corrected chi connectivity index (χ2v) is 20.1. The molecule has 0 aliphatic carbocycles. The van der Waals surface area contributed by atoms with Crippen LogP contribution in [0.5, 0.6) is 0 Å². The highest BCUT2D eigenvalue weighted by Crippen LogP contribution is 2.45. The van der Waals surface area contributed by atoms with E-state index in [-0.39, 0.29) is 56.4 Å². The van der Waals surface area contributed by atoms with Gasteiger partial charge in [0.15, 0.2) is 0 Å². The summed E-state index contributed by atoms with van der Waals surface area (Å²) in [6.45, 7) is 11.1. The highest BCUT2D eigenvalue weighted by molar-refractivity contribution is 5.96. The highest BCUT2D eigenvalue weighted by atomic mass is 19.4. The zero-order valence-corrected chi connectivity index (χ0v) is 40.2. The first-order valence-electron chi connectivity index (χ1n) is 23.9. The number of fused-ring (bicyclic) bond motifs is 7. The average molecular weight is 957 g/mol. The minimum atomic E-state index is -4.58. The average Bonchev–Trinajstić information content (AvgIpc) is 4.05. The van der Waals surface area contributed by atoms with E-state index in [2.05, 4.69) is 22.4 Å². The summed E-state index contributed by atoms with van der Waals surface area (Å²) in [7, 11) is 3.16. The number of likely N-dealkylation sites (N-methyl/N-ethyl adjacent to an activating group) is 1. The molecule has 6 heterocycles. The lowest BCUT2D eigenvalue weighted by Gasteiger charge is -2.37. The molecule has 4 amide bonds. The SMILES string of the molecule is C=CC(=O)N1CC[C@H](C(=O)N(C)[C@H](C(=O)N[C@H]2Cc3cccc(c3)-c3ccc4c(c3)c(c(-c3cnn5c3[C@@H](OC)CCC5)n4CC(F)(F)F)CC(C)(C)COC(=O)[C@@H]3CCCN(N3)C2=O)C(C)C)C1. The molecule has 4 aromatic rings. The fourth-order valence-corrected chi connectivity index (χ4v) is 10.7. The first-order chi connectivity index (χ1) is 32.8. The van der Waals surface area contributed by atoms with Gasteiger partial charge in [-0.1, -0.05) is 64.6 Å². The molecule has 5 atom stereocenters. The summed E-state index contributed by atoms with van der Waals surface area (Å²) in [5, 5.41) is 9.60. The summed E-state index contributed by atoms with van der Waals surface area (Å²) >= 11 is 0. The molecule has 2 saturated heterocycles. The maximum Gasteiger partial charge on any atom is 0.406 e. The Labute approximate surface area is 400 Å². The molecule has 4 aliphatic rings. The van der Waals surface area contributed by atoms with Crippen molar-refractivity contribution in [2.75, 3.05) is 40.4 Å². The van der Waals surface area contributed by atoms with Crippen LogP contribution in [0.2, 0.25) is 0 Å². The maximum atomic E-state index is 14.8. The number of nitrogens with zero attached hydrogens (tertiary/aromatic N) is 6. The summed E-state index contributed by atoms with van der Waals surface area (Å²) in [6.07, 6.45) is 0.900. The standard InChI is InChI=1S/C51H63F3N8O7/c1-8-42(63)59-21-18-34(27-59)47(65)58(6)43(30(2)3)46(64)56-39-23-31-12-9-13-32(22-31)33-16-17-40-35(24-33)36(25-50(4,5)29-69-49(67)38-14-10-20-62(57-38)48(39)66)44(60(40)28-51(52,53)54)37-26-55-61-19-11-15-41(68-7)45(37)61/h8-9,12-13,16-17,22,24,26,30,34,38-39,41,43,57H,1,10-11,14-15,18-21,23,25,27-29H2,2-7H3,(H,56,64)/t34-,38-,39-,41-,43-/m0/s1. The fraction of sp³-hybridized carbons (Fsp3) is 0.529. The molecule has 2 fully saturated rings. The monoisotopic (exact) mass is 956 g/mol. The second-order valence-electron chi connectivity index (χ2n) is 20.1. The highest BCUT2D eigenvalue weighted by Gasteiger charge is 2.41. The predicted molar refractivity (Wildman–Crippen MR) is 252 cm³/mol. The van der Waals surface area contributed by atoms with Gasteiger partial charge in [0.25, 0.3) is 5.91 Å². The largest absolute Gasteiger partial charge is 0.464 e. The Balaban J connectivity index is 1.21. The number of hydrazine groups is 1. The van der Waals surface area contributed by atoms with E-state index >= 15 is 0 Å². The molecule has 2 aromatic heterocycles. The van der Waals surface area contributed by atoms with Crippen LogP contribution in [0.1, 0.15) is 82.7 Å². The number of amides is 4. The molecular weight excluding hydrogens is 894 g/mol. The summed E-state index contributed by atoms with van der Waals surface area (Å²) in [4.78, 5) is 72.3. The zero-order valence-electron chi connectivity index (χ0n) is 40.2. The van der Waals surface area contributed by atoms with Gasteiger partial charge in [-0.15, -0.1) is 0 Å². The quantitative estimate of drug-likeness (QED) is 0.143. The number of likely N-dealkylation sites (tertiary alicyclic amines) is 1. The number of hydrogen-bond acceptors (Lipinski definition) is 9. The van der Waals surface area contributed by atoms with E-state index < -0.39 is 60.0 Å². The second kappa shape index (κ2) is 19.8. The number of benzene rings is 2. The molecule has 15 nitrogen and oxygen atoms in total. The molecule has 0 saturated carbocycles. The van der Waals surface area contributed by atoms with Gasteiger partial charge in [-0.25, -0.2) is 5.43 Å². The lowest BCUT2D eigenvalue weighted by molar-refractivity contribution is -0.155. The number of alkyl halides is 3. The van der Waals surface area contributed by atoms with Crippen molar-refractivity contribution in [2.24, 2.45) is 17.3 Å². The van der Waals surface area contributed by atoms with Gasteiger partial charge < -0.3 is 29.2 Å². The zero-order chi connectivity index (χ0) is 49.5. The number of rotatable bonds is 9. The van der Waals surface area contributed by atoms with Crippen LogP contribution >= 0.6 is 0 Å². The van der Waals surface area contributed by atoms with Gasteiger partial charge in [0.2, 0.25) is 17.7 Å². The maximum absolute atomic E-state index is 14.8. The number of esters is 1. The smallest absolute Gasteiger partial charge is 0.406 e. The number of nitrogens with one attached hydrogen (secondary N) is 2. The van der Waals surface area contributed by atoms with Crippen molar-refractivity contribution < 1.29 is 46.6 Å². The summed E-state index contributed by atoms with van der Waals surface area (Å²) in [5.41, 5.74) is 7.10. The molecule has 6 bridgehead atoms. The van der Waals surface area contributed by atoms with Crippen molar-refractivity contribution in [1.82, 2.24) is 39.9 Å². The van der Waals surface area contributed by atoms with E-state index in [0.29, 0.717) is 83.3 Å². The lowest BCUT2D eigenvalue weighted by atomic mass is 9.84. The Hall–Kier alpha value is -6.01. The van der Waals surface area contributed by atoms with E-state index in [1.807, 2.05) is 62.7 Å². The predicted octanol–water partition coefficient (Wildman–Crippen LogP) is 6.38. The summed E-state index contributed by atoms with van der Waals surface area (Å²) < 4.78 is 59.4. The van der Waals surface area contributed by atoms with Crippen LogP contribution in [0.3, 0.4) is 0 Å². The number of halogens is 3. The molecule has 2 N–H and O–H groups in total. The number of aromatic nitrogens is 3. The normalized spacial score (nSPS) is 22.5. The molecule has 370 valence electrons. The number of carbonyl (C=O) groups is 5. The van der Waals surface area contributed by atoms with Crippen LogP contribution in [0.4, 0.5) is 13.2 Å². The van der Waals surface area contributed by atoms with E-state index in [1.165, 1.54) is 20.6 Å². The number of hydrogen-bond donors (Lipinski definition) is 2. The Morgan fingerprint density at radius 2 is 1.81 bits per heavy atom. The first-order valence-corrected chi connectivity index (χ1v) is 23.9. The minimum Gasteiger partial charge on any atom is -0.464 e. The number of cyclic esters (lactones) is 1. The van der Waals surface area contributed by atoms with Crippen molar-refractivity contribution in [2.45, 2.75) is 116 Å². The van der Waals surface area contributed by atoms with E-state index in [9.17, 15) is 37.1 Å². The topological polar surface area (TPSA) is 160 Å². The number of aryl methyl sites for hydroxylation is 1. The van der Waals surface area contributed by atoms with Gasteiger partial charge >= 0.3 is 12.1 Å². The molecule has 0 radical (unpaired) electrons. The minimum absolute atomic E-state index is 0.0245. The van der Waals surface area contributed by atoms with Crippen LogP contribution in [-0.4, -0.2) is 123 Å². The van der Waals surface area contributed by atoms with Crippen LogP contribution < -0.4 is 10.7 Å². The molecule has 18 heteroatoms. The van der Waals surface area contributed by atoms with Crippen molar-refractivity contribution in [1.29, 1.82) is 0 Å². The Morgan fingerprint density at radius 3 is 2.54 bits per heavy atom. The van der Waals surface area contributed by atoms with Gasteiger partial charge in [0.1, 0.15) is 24.7 Å². The molecular formula is C51H63F3N8O7. The Morgan fingerprint density at radius 1 is 1.06 bits per heavy atom. The van der Waals surface area contributed by atoms with Crippen LogP contribution in [0.15, 0.2) is 61.3 Å². The molecule has 0 unspecified atom stereocenters. The fourth-order valence-electron chi connectivity index (χ4n) is 10.7. The summed E-state index contributed by atoms with van der Waals surface area (Å²) in [6, 6.07) is 9.84. The molecule has 69 heavy (non-hydrogen) atoms. The van der Waals surface area contributed by atoms with Crippen LogP contribution in [-0.2, 0) is 59.4 Å². The van der Waals surface area contributed by atoms with Crippen molar-refractivity contribution in [3.05, 3.63) is 78.1 Å². The van der Waals surface area contributed by atoms with Crippen molar-refractivity contribution in [3.63, 3.8) is 0 Å². The summed E-state index contributed by atoms with van der Waals surface area (Å²) in [5.74, 6) is -3.07. The number of carbonyl (C=O) groups excluding carboxylic acids is 5. The Bertz CT molecular complexity index is 2640. The third-order valence-corrected chi connectivity index (χ3v) is 14.1. The number of methoxy groups -OCH3 is 1.